The first-order valence-corrected chi connectivity index (χ1v) is 8.42. The Morgan fingerprint density at radius 1 is 1.08 bits per heavy atom. The van der Waals surface area contributed by atoms with Crippen LogP contribution in [0.25, 0.3) is 0 Å². The third kappa shape index (κ3) is 8.73. The summed E-state index contributed by atoms with van der Waals surface area (Å²) in [6, 6.07) is 0. The Morgan fingerprint density at radius 3 is 2.08 bits per heavy atom. The molecule has 7 nitrogen and oxygen atoms in total. The quantitative estimate of drug-likeness (QED) is 0.231. The van der Waals surface area contributed by atoms with Gasteiger partial charge in [-0.25, -0.2) is 0 Å². The molecule has 0 rings (SSSR count). The highest BCUT2D eigenvalue weighted by Crippen LogP contribution is 2.34. The van der Waals surface area contributed by atoms with Crippen molar-refractivity contribution in [3.63, 3.8) is 0 Å². The fourth-order valence-electron chi connectivity index (χ4n) is 1.97. The standard InChI is InChI=1S/C17H35N3O4/c1-16(2,3)17(4,23-12-8-18-5)24-13-9-19-15(22)14-20(6,7)10-11-21/h11,18H,8-10,12-14H2,1-7H3/p+1. The molecular formula is C17H36N3O4+. The molecule has 0 saturated heterocycles. The molecule has 0 bridgehead atoms. The summed E-state index contributed by atoms with van der Waals surface area (Å²) in [5.74, 6) is -0.833. The molecule has 0 aliphatic heterocycles. The molecule has 1 unspecified atom stereocenters. The number of hydrogen-bond acceptors (Lipinski definition) is 5. The molecule has 7 heteroatoms. The van der Waals surface area contributed by atoms with Crippen molar-refractivity contribution >= 4 is 12.2 Å². The van der Waals surface area contributed by atoms with Gasteiger partial charge in [-0.2, -0.15) is 0 Å². The summed E-state index contributed by atoms with van der Waals surface area (Å²) in [5, 5.41) is 5.87. The van der Waals surface area contributed by atoms with E-state index < -0.39 is 5.79 Å². The van der Waals surface area contributed by atoms with Crippen LogP contribution in [0.15, 0.2) is 0 Å². The molecule has 0 fully saturated rings. The highest BCUT2D eigenvalue weighted by atomic mass is 16.7. The van der Waals surface area contributed by atoms with Crippen LogP contribution in [0.4, 0.5) is 0 Å². The van der Waals surface area contributed by atoms with Gasteiger partial charge in [-0.1, -0.05) is 20.8 Å². The summed E-state index contributed by atoms with van der Waals surface area (Å²) in [5.41, 5.74) is -0.201. The van der Waals surface area contributed by atoms with Crippen LogP contribution in [0.1, 0.15) is 27.7 Å². The molecule has 142 valence electrons. The number of hydrogen-bond donors (Lipinski definition) is 2. The van der Waals surface area contributed by atoms with Crippen molar-refractivity contribution < 1.29 is 23.5 Å². The molecule has 0 aliphatic rings. The average Bonchev–Trinajstić information content (AvgIpc) is 2.42. The molecule has 1 amide bonds. The van der Waals surface area contributed by atoms with Crippen LogP contribution in [0, 0.1) is 5.41 Å². The molecule has 0 spiro atoms. The van der Waals surface area contributed by atoms with Crippen LogP contribution in [0.2, 0.25) is 0 Å². The Bertz CT molecular complexity index is 394. The molecule has 0 saturated carbocycles. The summed E-state index contributed by atoms with van der Waals surface area (Å²) in [7, 11) is 5.56. The van der Waals surface area contributed by atoms with Crippen LogP contribution < -0.4 is 10.6 Å². The summed E-state index contributed by atoms with van der Waals surface area (Å²) >= 11 is 0. The minimum Gasteiger partial charge on any atom is -0.349 e. The summed E-state index contributed by atoms with van der Waals surface area (Å²) in [4.78, 5) is 22.5. The Kier molecular flexibility index (Phi) is 9.65. The molecular weight excluding hydrogens is 310 g/mol. The maximum Gasteiger partial charge on any atom is 0.275 e. The lowest BCUT2D eigenvalue weighted by Crippen LogP contribution is -2.50. The highest BCUT2D eigenvalue weighted by molar-refractivity contribution is 5.77. The minimum atomic E-state index is -0.735. The third-order valence-electron chi connectivity index (χ3n) is 4.03. The van der Waals surface area contributed by atoms with Crippen molar-refractivity contribution in [3.8, 4) is 0 Å². The average molecular weight is 346 g/mol. The lowest BCUT2D eigenvalue weighted by atomic mass is 9.86. The predicted octanol–water partition coefficient (Wildman–Crippen LogP) is 0.393. The number of nitrogens with one attached hydrogen (secondary N) is 2. The van der Waals surface area contributed by atoms with E-state index in [0.717, 1.165) is 12.8 Å². The van der Waals surface area contributed by atoms with E-state index in [-0.39, 0.29) is 17.9 Å². The van der Waals surface area contributed by atoms with E-state index in [4.69, 9.17) is 9.47 Å². The summed E-state index contributed by atoms with van der Waals surface area (Å²) < 4.78 is 12.2. The molecule has 24 heavy (non-hydrogen) atoms. The van der Waals surface area contributed by atoms with Gasteiger partial charge in [0.2, 0.25) is 0 Å². The van der Waals surface area contributed by atoms with E-state index in [1.165, 1.54) is 0 Å². The van der Waals surface area contributed by atoms with Crippen molar-refractivity contribution in [1.82, 2.24) is 10.6 Å². The Morgan fingerprint density at radius 2 is 1.62 bits per heavy atom. The SMILES string of the molecule is CNCCOC(C)(OCCNC(=O)C[N+](C)(C)CC=O)C(C)(C)C. The van der Waals surface area contributed by atoms with Crippen molar-refractivity contribution in [3.05, 3.63) is 0 Å². The van der Waals surface area contributed by atoms with Gasteiger partial charge in [-0.05, 0) is 14.0 Å². The third-order valence-corrected chi connectivity index (χ3v) is 4.03. The van der Waals surface area contributed by atoms with Gasteiger partial charge >= 0.3 is 0 Å². The van der Waals surface area contributed by atoms with Crippen molar-refractivity contribution in [1.29, 1.82) is 0 Å². The number of carbonyl (C=O) groups is 2. The number of carbonyl (C=O) groups excluding carboxylic acids is 2. The summed E-state index contributed by atoms with van der Waals surface area (Å²) in [6.45, 7) is 10.7. The van der Waals surface area contributed by atoms with Crippen LogP contribution in [-0.4, -0.2) is 83.0 Å². The van der Waals surface area contributed by atoms with Crippen LogP contribution in [-0.2, 0) is 19.1 Å². The van der Waals surface area contributed by atoms with E-state index in [2.05, 4.69) is 31.4 Å². The molecule has 0 aromatic carbocycles. The van der Waals surface area contributed by atoms with Crippen LogP contribution in [0.5, 0.6) is 0 Å². The van der Waals surface area contributed by atoms with Gasteiger partial charge in [0, 0.05) is 18.5 Å². The lowest BCUT2D eigenvalue weighted by Gasteiger charge is -2.41. The maximum absolute atomic E-state index is 11.9. The topological polar surface area (TPSA) is 76.7 Å². The van der Waals surface area contributed by atoms with E-state index in [9.17, 15) is 9.59 Å². The van der Waals surface area contributed by atoms with E-state index in [1.54, 1.807) is 0 Å². The zero-order valence-corrected chi connectivity index (χ0v) is 16.4. The smallest absolute Gasteiger partial charge is 0.275 e. The number of aldehydes is 1. The van der Waals surface area contributed by atoms with Gasteiger partial charge in [-0.15, -0.1) is 0 Å². The second-order valence-corrected chi connectivity index (χ2v) is 7.79. The van der Waals surface area contributed by atoms with Gasteiger partial charge in [0.1, 0.15) is 6.54 Å². The largest absolute Gasteiger partial charge is 0.349 e. The van der Waals surface area contributed by atoms with Crippen LogP contribution in [0.3, 0.4) is 0 Å². The van der Waals surface area contributed by atoms with Crippen LogP contribution >= 0.6 is 0 Å². The number of ether oxygens (including phenoxy) is 2. The number of nitrogens with zero attached hydrogens (tertiary/aromatic N) is 1. The Hall–Kier alpha value is -1.02. The second-order valence-electron chi connectivity index (χ2n) is 7.79. The number of rotatable bonds is 12. The Labute approximate surface area is 146 Å². The number of amides is 1. The normalized spacial score (nSPS) is 15.0. The van der Waals surface area contributed by atoms with Gasteiger partial charge in [0.15, 0.2) is 18.6 Å². The molecule has 2 N–H and O–H groups in total. The van der Waals surface area contributed by atoms with Crippen molar-refractivity contribution in [2.24, 2.45) is 5.41 Å². The minimum absolute atomic E-state index is 0.0981. The van der Waals surface area contributed by atoms with E-state index in [0.29, 0.717) is 30.8 Å². The fraction of sp³-hybridized carbons (Fsp3) is 0.882. The maximum atomic E-state index is 11.9. The number of likely N-dealkylation sites (N-methyl/N-ethyl adjacent to an activating group) is 2. The van der Waals surface area contributed by atoms with E-state index >= 15 is 0 Å². The van der Waals surface area contributed by atoms with Gasteiger partial charge in [0.25, 0.3) is 5.91 Å². The van der Waals surface area contributed by atoms with E-state index in [1.807, 2.05) is 28.1 Å². The monoisotopic (exact) mass is 346 g/mol. The van der Waals surface area contributed by atoms with Gasteiger partial charge < -0.3 is 24.6 Å². The zero-order valence-electron chi connectivity index (χ0n) is 16.4. The molecule has 0 aliphatic carbocycles. The molecule has 0 radical (unpaired) electrons. The predicted molar refractivity (Wildman–Crippen MR) is 94.6 cm³/mol. The zero-order chi connectivity index (χ0) is 18.9. The molecule has 0 aromatic heterocycles. The first kappa shape index (κ1) is 23.0. The molecule has 0 heterocycles. The second kappa shape index (κ2) is 10.1. The van der Waals surface area contributed by atoms with Crippen molar-refractivity contribution in [2.45, 2.75) is 33.5 Å². The fourth-order valence-corrected chi connectivity index (χ4v) is 1.97. The first-order chi connectivity index (χ1) is 11.0. The first-order valence-electron chi connectivity index (χ1n) is 8.42. The molecule has 0 aromatic rings. The van der Waals surface area contributed by atoms with Gasteiger partial charge in [-0.3, -0.25) is 9.59 Å². The summed E-state index contributed by atoms with van der Waals surface area (Å²) in [6.07, 6.45) is 0.827. The highest BCUT2D eigenvalue weighted by Gasteiger charge is 2.39. The van der Waals surface area contributed by atoms with Gasteiger partial charge in [0.05, 0.1) is 27.3 Å². The number of quaternary nitrogens is 1. The van der Waals surface area contributed by atoms with Crippen molar-refractivity contribution in [2.75, 3.05) is 60.5 Å². The molecule has 1 atom stereocenters. The lowest BCUT2D eigenvalue weighted by molar-refractivity contribution is -0.873. The Balaban J connectivity index is 4.33.